The molecule has 1 unspecified atom stereocenters. The second-order valence-corrected chi connectivity index (χ2v) is 7.83. The van der Waals surface area contributed by atoms with Crippen LogP contribution in [0.2, 0.25) is 0 Å². The predicted molar refractivity (Wildman–Crippen MR) is 129 cm³/mol. The van der Waals surface area contributed by atoms with Crippen LogP contribution in [0.25, 0.3) is 22.9 Å². The van der Waals surface area contributed by atoms with E-state index in [9.17, 15) is 4.21 Å². The van der Waals surface area contributed by atoms with Crippen molar-refractivity contribution in [2.45, 2.75) is 18.2 Å². The van der Waals surface area contributed by atoms with Crippen molar-refractivity contribution >= 4 is 34.1 Å². The summed E-state index contributed by atoms with van der Waals surface area (Å²) < 4.78 is 12.0. The van der Waals surface area contributed by atoms with Crippen LogP contribution in [-0.2, 0) is 17.2 Å². The molecule has 0 radical (unpaired) electrons. The van der Waals surface area contributed by atoms with E-state index in [-0.39, 0.29) is 22.8 Å². The number of anilines is 2. The van der Waals surface area contributed by atoms with E-state index in [4.69, 9.17) is 22.0 Å². The Balaban J connectivity index is 0.000000321. The van der Waals surface area contributed by atoms with Crippen LogP contribution in [0.1, 0.15) is 29.6 Å². The minimum Gasteiger partial charge on any atom is -0.382 e. The van der Waals surface area contributed by atoms with Gasteiger partial charge in [-0.05, 0) is 18.6 Å². The molecule has 2 aromatic heterocycles. The van der Waals surface area contributed by atoms with Crippen LogP contribution in [0, 0.1) is 22.7 Å². The number of aryl methyl sites for hydroxylation is 1. The molecule has 3 aromatic rings. The average Bonchev–Trinajstić information content (AvgIpc) is 2.83. The van der Waals surface area contributed by atoms with Gasteiger partial charge in [0.25, 0.3) is 0 Å². The van der Waals surface area contributed by atoms with Gasteiger partial charge >= 0.3 is 0 Å². The molecular formula is C23H22N8OS. The second-order valence-electron chi connectivity index (χ2n) is 6.48. The summed E-state index contributed by atoms with van der Waals surface area (Å²) in [6.07, 6.45) is 5.07. The lowest BCUT2D eigenvalue weighted by Gasteiger charge is -2.13. The first-order valence-corrected chi connectivity index (χ1v) is 11.2. The fraction of sp³-hybridized carbons (Fsp3) is 0.130. The maximum Gasteiger partial charge on any atom is 0.146 e. The topological polar surface area (TPSA) is 168 Å². The zero-order valence-electron chi connectivity index (χ0n) is 18.2. The molecule has 0 aliphatic rings. The normalized spacial score (nSPS) is 10.7. The zero-order chi connectivity index (χ0) is 24.5. The Kier molecular flexibility index (Phi) is 8.49. The number of aromatic nitrogens is 4. The van der Waals surface area contributed by atoms with E-state index in [0.29, 0.717) is 28.4 Å². The van der Waals surface area contributed by atoms with Crippen LogP contribution in [0.4, 0.5) is 11.6 Å². The van der Waals surface area contributed by atoms with Crippen molar-refractivity contribution in [2.24, 2.45) is 0 Å². The molecular weight excluding hydrogens is 436 g/mol. The molecule has 0 amide bonds. The number of nitriles is 2. The SMILES string of the molecule is C=Cc1nc(CC)c(-c2ccccc2S(C)=O)nc1C(=C)C#N.N#Cc1c(N)ncnc1N. The van der Waals surface area contributed by atoms with Gasteiger partial charge in [-0.15, -0.1) is 0 Å². The standard InChI is InChI=1S/C18H17N3OS.C5H5N5/c1-5-14-17(12(3)11-19)21-18(15(6-2)20-14)13-9-7-8-10-16(13)23(4)22;6-1-3-4(7)9-2-10-5(3)8/h5,7-10H,1,3,6H2,2,4H3;2H,(H4,7,8,9,10). The fourth-order valence-corrected chi connectivity index (χ4v) is 3.55. The molecule has 10 heteroatoms. The molecule has 1 atom stereocenters. The number of allylic oxidation sites excluding steroid dienone is 1. The van der Waals surface area contributed by atoms with E-state index >= 15 is 0 Å². The van der Waals surface area contributed by atoms with E-state index in [1.54, 1.807) is 18.4 Å². The third-order valence-electron chi connectivity index (χ3n) is 4.41. The van der Waals surface area contributed by atoms with Gasteiger partial charge in [-0.3, -0.25) is 4.21 Å². The predicted octanol–water partition coefficient (Wildman–Crippen LogP) is 3.14. The van der Waals surface area contributed by atoms with Crippen molar-refractivity contribution in [3.8, 4) is 23.4 Å². The summed E-state index contributed by atoms with van der Waals surface area (Å²) in [5, 5.41) is 17.5. The first kappa shape index (κ1) is 24.9. The van der Waals surface area contributed by atoms with Crippen molar-refractivity contribution in [1.29, 1.82) is 10.5 Å². The van der Waals surface area contributed by atoms with Crippen LogP contribution >= 0.6 is 0 Å². The molecule has 0 aliphatic carbocycles. The lowest BCUT2D eigenvalue weighted by Crippen LogP contribution is -2.05. The van der Waals surface area contributed by atoms with Gasteiger partial charge in [0.15, 0.2) is 0 Å². The highest BCUT2D eigenvalue weighted by atomic mass is 32.2. The molecule has 0 bridgehead atoms. The number of benzene rings is 1. The van der Waals surface area contributed by atoms with Crippen molar-refractivity contribution < 1.29 is 4.21 Å². The van der Waals surface area contributed by atoms with Gasteiger partial charge in [0.05, 0.1) is 33.5 Å². The van der Waals surface area contributed by atoms with Crippen LogP contribution < -0.4 is 11.5 Å². The molecule has 0 spiro atoms. The largest absolute Gasteiger partial charge is 0.382 e. The van der Waals surface area contributed by atoms with Gasteiger partial charge in [0, 0.05) is 16.7 Å². The smallest absolute Gasteiger partial charge is 0.146 e. The van der Waals surface area contributed by atoms with Crippen LogP contribution in [-0.4, -0.2) is 30.4 Å². The average molecular weight is 459 g/mol. The Morgan fingerprint density at radius 1 is 1.18 bits per heavy atom. The molecule has 0 aliphatic heterocycles. The summed E-state index contributed by atoms with van der Waals surface area (Å²) in [5.41, 5.74) is 14.0. The number of nitrogens with two attached hydrogens (primary N) is 2. The highest BCUT2D eigenvalue weighted by Crippen LogP contribution is 2.29. The molecule has 4 N–H and O–H groups in total. The Morgan fingerprint density at radius 3 is 2.30 bits per heavy atom. The Hall–Kier alpha value is -4.41. The molecule has 2 heterocycles. The number of rotatable bonds is 5. The lowest BCUT2D eigenvalue weighted by molar-refractivity contribution is 0.687. The minimum absolute atomic E-state index is 0.120. The van der Waals surface area contributed by atoms with Gasteiger partial charge in [-0.1, -0.05) is 38.3 Å². The van der Waals surface area contributed by atoms with Gasteiger partial charge in [-0.25, -0.2) is 19.9 Å². The van der Waals surface area contributed by atoms with Gasteiger partial charge in [0.2, 0.25) is 0 Å². The van der Waals surface area contributed by atoms with E-state index in [2.05, 4.69) is 33.1 Å². The second kappa shape index (κ2) is 11.3. The number of nitrogens with zero attached hydrogens (tertiary/aromatic N) is 6. The molecule has 9 nitrogen and oxygen atoms in total. The molecule has 3 rings (SSSR count). The van der Waals surface area contributed by atoms with Crippen LogP contribution in [0.5, 0.6) is 0 Å². The summed E-state index contributed by atoms with van der Waals surface area (Å²) in [4.78, 5) is 17.0. The number of hydrogen-bond donors (Lipinski definition) is 2. The Bertz CT molecular complexity index is 1300. The first-order valence-electron chi connectivity index (χ1n) is 9.60. The van der Waals surface area contributed by atoms with Crippen LogP contribution in [0.3, 0.4) is 0 Å². The Morgan fingerprint density at radius 2 is 1.82 bits per heavy atom. The fourth-order valence-electron chi connectivity index (χ4n) is 2.81. The lowest BCUT2D eigenvalue weighted by atomic mass is 10.1. The highest BCUT2D eigenvalue weighted by Gasteiger charge is 2.18. The summed E-state index contributed by atoms with van der Waals surface area (Å²) in [6.45, 7) is 9.44. The maximum absolute atomic E-state index is 12.0. The van der Waals surface area contributed by atoms with Crippen LogP contribution in [0.15, 0.2) is 48.6 Å². The minimum atomic E-state index is -1.15. The monoisotopic (exact) mass is 458 g/mol. The summed E-state index contributed by atoms with van der Waals surface area (Å²) in [7, 11) is -1.15. The first-order chi connectivity index (χ1) is 15.8. The van der Waals surface area contributed by atoms with Gasteiger partial charge in [0.1, 0.15) is 41.4 Å². The Labute approximate surface area is 194 Å². The molecule has 166 valence electrons. The van der Waals surface area contributed by atoms with Gasteiger partial charge < -0.3 is 11.5 Å². The molecule has 0 saturated carbocycles. The van der Waals surface area contributed by atoms with Crippen molar-refractivity contribution in [3.63, 3.8) is 0 Å². The maximum atomic E-state index is 12.0. The molecule has 1 aromatic carbocycles. The van der Waals surface area contributed by atoms with E-state index < -0.39 is 10.8 Å². The quantitative estimate of drug-likeness (QED) is 0.545. The zero-order valence-corrected chi connectivity index (χ0v) is 19.1. The number of hydrogen-bond acceptors (Lipinski definition) is 9. The van der Waals surface area contributed by atoms with Gasteiger partial charge in [-0.2, -0.15) is 10.5 Å². The third-order valence-corrected chi connectivity index (χ3v) is 5.39. The summed E-state index contributed by atoms with van der Waals surface area (Å²) in [5.74, 6) is 0.241. The van der Waals surface area contributed by atoms with Crippen molar-refractivity contribution in [3.05, 3.63) is 66.4 Å². The molecule has 0 fully saturated rings. The van der Waals surface area contributed by atoms with E-state index in [0.717, 1.165) is 11.3 Å². The van der Waals surface area contributed by atoms with E-state index in [1.165, 1.54) is 6.33 Å². The summed E-state index contributed by atoms with van der Waals surface area (Å²) in [6, 6.07) is 11.2. The molecule has 33 heavy (non-hydrogen) atoms. The highest BCUT2D eigenvalue weighted by molar-refractivity contribution is 7.84. The van der Waals surface area contributed by atoms with E-state index in [1.807, 2.05) is 37.3 Å². The van der Waals surface area contributed by atoms with Crippen molar-refractivity contribution in [1.82, 2.24) is 19.9 Å². The third kappa shape index (κ3) is 5.64. The van der Waals surface area contributed by atoms with Crippen molar-refractivity contribution in [2.75, 3.05) is 17.7 Å². The number of nitrogen functional groups attached to an aromatic ring is 2. The summed E-state index contributed by atoms with van der Waals surface area (Å²) >= 11 is 0. The molecule has 0 saturated heterocycles.